The standard InChI is InChI=1S/C26H36N6OS/c34-25(27-20-26(11-17-33-18-12-26)21-9-3-1-4-10-21)30-24-28-22(31-13-5-2-6-14-31)19-23(29-24)32-15-7-8-16-32/h1,3-4,9-10,19H,2,5-8,11-18,20H2,(H2,27,28,29,30,34). The monoisotopic (exact) mass is 480 g/mol. The summed E-state index contributed by atoms with van der Waals surface area (Å²) >= 11 is 5.72. The first-order chi connectivity index (χ1) is 16.7. The van der Waals surface area contributed by atoms with Crippen molar-refractivity contribution in [1.82, 2.24) is 15.3 Å². The summed E-state index contributed by atoms with van der Waals surface area (Å²) in [5.74, 6) is 2.60. The molecule has 0 spiro atoms. The Bertz CT molecular complexity index is 953. The fourth-order valence-electron chi connectivity index (χ4n) is 5.39. The number of hydrogen-bond donors (Lipinski definition) is 2. The van der Waals surface area contributed by atoms with Crippen LogP contribution in [0.25, 0.3) is 0 Å². The lowest BCUT2D eigenvalue weighted by Gasteiger charge is -2.38. The second-order valence-electron chi connectivity index (χ2n) is 9.72. The Morgan fingerprint density at radius 2 is 1.47 bits per heavy atom. The molecule has 1 aromatic heterocycles. The number of rotatable bonds is 6. The normalized spacial score (nSPS) is 20.2. The van der Waals surface area contributed by atoms with E-state index in [2.05, 4.69) is 56.8 Å². The van der Waals surface area contributed by atoms with Gasteiger partial charge in [0, 0.05) is 57.4 Å². The summed E-state index contributed by atoms with van der Waals surface area (Å²) in [6.07, 6.45) is 8.13. The number of anilines is 3. The molecule has 0 aliphatic carbocycles. The molecule has 34 heavy (non-hydrogen) atoms. The van der Waals surface area contributed by atoms with E-state index in [0.717, 1.165) is 70.4 Å². The van der Waals surface area contributed by atoms with Crippen LogP contribution >= 0.6 is 12.2 Å². The molecular formula is C26H36N6OS. The molecule has 3 aliphatic heterocycles. The summed E-state index contributed by atoms with van der Waals surface area (Å²) in [4.78, 5) is 14.5. The third kappa shape index (κ3) is 5.44. The van der Waals surface area contributed by atoms with E-state index in [0.29, 0.717) is 11.1 Å². The van der Waals surface area contributed by atoms with Crippen LogP contribution in [-0.4, -0.2) is 61.0 Å². The highest BCUT2D eigenvalue weighted by molar-refractivity contribution is 7.80. The van der Waals surface area contributed by atoms with Crippen LogP contribution in [-0.2, 0) is 10.2 Å². The van der Waals surface area contributed by atoms with Crippen LogP contribution < -0.4 is 20.4 Å². The van der Waals surface area contributed by atoms with Crippen LogP contribution in [0.4, 0.5) is 17.6 Å². The van der Waals surface area contributed by atoms with E-state index in [1.54, 1.807) is 0 Å². The summed E-state index contributed by atoms with van der Waals surface area (Å²) in [5, 5.41) is 7.37. The number of nitrogens with one attached hydrogen (secondary N) is 2. The number of aromatic nitrogens is 2. The average molecular weight is 481 g/mol. The van der Waals surface area contributed by atoms with E-state index in [4.69, 9.17) is 26.9 Å². The van der Waals surface area contributed by atoms with E-state index in [1.165, 1.54) is 37.7 Å². The van der Waals surface area contributed by atoms with Crippen molar-refractivity contribution in [2.24, 2.45) is 0 Å². The molecule has 3 aliphatic rings. The summed E-state index contributed by atoms with van der Waals surface area (Å²) < 4.78 is 5.68. The Balaban J connectivity index is 1.30. The van der Waals surface area contributed by atoms with E-state index in [-0.39, 0.29) is 5.41 Å². The van der Waals surface area contributed by atoms with Gasteiger partial charge in [0.05, 0.1) is 0 Å². The molecule has 0 atom stereocenters. The van der Waals surface area contributed by atoms with Crippen LogP contribution in [0, 0.1) is 0 Å². The highest BCUT2D eigenvalue weighted by Gasteiger charge is 2.34. The van der Waals surface area contributed by atoms with Gasteiger partial charge in [-0.1, -0.05) is 30.3 Å². The SMILES string of the molecule is S=C(NCC1(c2ccccc2)CCOCC1)Nc1nc(N2CCCCC2)cc(N2CCCC2)n1. The number of ether oxygens (including phenoxy) is 1. The van der Waals surface area contributed by atoms with Crippen LogP contribution in [0.1, 0.15) is 50.5 Å². The number of benzene rings is 1. The van der Waals surface area contributed by atoms with Gasteiger partial charge in [-0.3, -0.25) is 0 Å². The van der Waals surface area contributed by atoms with E-state index in [9.17, 15) is 0 Å². The summed E-state index contributed by atoms with van der Waals surface area (Å²) in [7, 11) is 0. The maximum absolute atomic E-state index is 5.72. The van der Waals surface area contributed by atoms with Crippen LogP contribution in [0.2, 0.25) is 0 Å². The molecule has 5 rings (SSSR count). The molecule has 7 nitrogen and oxygen atoms in total. The summed E-state index contributed by atoms with van der Waals surface area (Å²) in [6.45, 7) is 6.53. The first kappa shape index (κ1) is 23.3. The first-order valence-electron chi connectivity index (χ1n) is 12.8. The number of piperidine rings is 1. The molecule has 182 valence electrons. The average Bonchev–Trinajstić information content (AvgIpc) is 3.44. The second kappa shape index (κ2) is 10.9. The molecular weight excluding hydrogens is 444 g/mol. The number of hydrogen-bond acceptors (Lipinski definition) is 6. The van der Waals surface area contributed by atoms with E-state index >= 15 is 0 Å². The largest absolute Gasteiger partial charge is 0.381 e. The Labute approximate surface area is 208 Å². The molecule has 8 heteroatoms. The molecule has 0 bridgehead atoms. The van der Waals surface area contributed by atoms with Gasteiger partial charge in [0.2, 0.25) is 5.95 Å². The van der Waals surface area contributed by atoms with Crippen molar-refractivity contribution in [2.45, 2.75) is 50.4 Å². The summed E-state index contributed by atoms with van der Waals surface area (Å²) in [5.41, 5.74) is 1.36. The zero-order valence-electron chi connectivity index (χ0n) is 20.0. The quantitative estimate of drug-likeness (QED) is 0.599. The fraction of sp³-hybridized carbons (Fsp3) is 0.577. The molecule has 2 aromatic rings. The Morgan fingerprint density at radius 1 is 0.882 bits per heavy atom. The minimum atomic E-state index is 0.0163. The van der Waals surface area contributed by atoms with Crippen molar-refractivity contribution in [3.05, 3.63) is 42.0 Å². The Kier molecular flexibility index (Phi) is 7.45. The third-order valence-corrected chi connectivity index (χ3v) is 7.70. The maximum atomic E-state index is 5.72. The molecule has 0 amide bonds. The van der Waals surface area contributed by atoms with Crippen molar-refractivity contribution in [1.29, 1.82) is 0 Å². The van der Waals surface area contributed by atoms with Gasteiger partial charge in [-0.25, -0.2) is 0 Å². The molecule has 0 radical (unpaired) electrons. The smallest absolute Gasteiger partial charge is 0.232 e. The lowest BCUT2D eigenvalue weighted by Crippen LogP contribution is -2.45. The number of nitrogens with zero attached hydrogens (tertiary/aromatic N) is 4. The van der Waals surface area contributed by atoms with E-state index < -0.39 is 0 Å². The van der Waals surface area contributed by atoms with Crippen molar-refractivity contribution in [3.63, 3.8) is 0 Å². The lowest BCUT2D eigenvalue weighted by molar-refractivity contribution is 0.0515. The van der Waals surface area contributed by atoms with Gasteiger partial charge in [-0.05, 0) is 62.7 Å². The van der Waals surface area contributed by atoms with Gasteiger partial charge >= 0.3 is 0 Å². The lowest BCUT2D eigenvalue weighted by atomic mass is 9.74. The summed E-state index contributed by atoms with van der Waals surface area (Å²) in [6, 6.07) is 12.9. The molecule has 1 aromatic carbocycles. The fourth-order valence-corrected chi connectivity index (χ4v) is 5.55. The van der Waals surface area contributed by atoms with Crippen molar-refractivity contribution in [2.75, 3.05) is 61.1 Å². The minimum Gasteiger partial charge on any atom is -0.381 e. The zero-order valence-corrected chi connectivity index (χ0v) is 20.8. The topological polar surface area (TPSA) is 65.6 Å². The van der Waals surface area contributed by atoms with Gasteiger partial charge in [0.25, 0.3) is 0 Å². The molecule has 3 saturated heterocycles. The molecule has 3 fully saturated rings. The maximum Gasteiger partial charge on any atom is 0.232 e. The minimum absolute atomic E-state index is 0.0163. The Morgan fingerprint density at radius 3 is 2.09 bits per heavy atom. The second-order valence-corrected chi connectivity index (χ2v) is 10.1. The van der Waals surface area contributed by atoms with Crippen molar-refractivity contribution >= 4 is 34.9 Å². The molecule has 0 saturated carbocycles. The van der Waals surface area contributed by atoms with Gasteiger partial charge in [0.15, 0.2) is 5.11 Å². The van der Waals surface area contributed by atoms with Crippen LogP contribution in [0.5, 0.6) is 0 Å². The van der Waals surface area contributed by atoms with E-state index in [1.807, 2.05) is 0 Å². The highest BCUT2D eigenvalue weighted by atomic mass is 32.1. The third-order valence-electron chi connectivity index (χ3n) is 7.46. The van der Waals surface area contributed by atoms with Gasteiger partial charge in [-0.15, -0.1) is 0 Å². The predicted octanol–water partition coefficient (Wildman–Crippen LogP) is 4.10. The zero-order chi connectivity index (χ0) is 23.2. The molecule has 4 heterocycles. The van der Waals surface area contributed by atoms with Crippen LogP contribution in [0.15, 0.2) is 36.4 Å². The van der Waals surface area contributed by atoms with Crippen molar-refractivity contribution in [3.8, 4) is 0 Å². The number of thiocarbonyl (C=S) groups is 1. The van der Waals surface area contributed by atoms with Crippen molar-refractivity contribution < 1.29 is 4.74 Å². The molecule has 0 unspecified atom stereocenters. The van der Waals surface area contributed by atoms with Gasteiger partial charge in [-0.2, -0.15) is 9.97 Å². The molecule has 2 N–H and O–H groups in total. The van der Waals surface area contributed by atoms with Crippen LogP contribution in [0.3, 0.4) is 0 Å². The highest BCUT2D eigenvalue weighted by Crippen LogP contribution is 2.34. The predicted molar refractivity (Wildman–Crippen MR) is 142 cm³/mol. The van der Waals surface area contributed by atoms with Gasteiger partial charge in [0.1, 0.15) is 11.6 Å². The van der Waals surface area contributed by atoms with Gasteiger partial charge < -0.3 is 25.2 Å². The Hall–Kier alpha value is -2.45. The first-order valence-corrected chi connectivity index (χ1v) is 13.2.